The SMILES string of the molecule is CCC1CCc2nc(NC(=O)CN)sc2C1. The molecular weight excluding hydrogens is 222 g/mol. The number of aryl methyl sites for hydroxylation is 1. The fourth-order valence-corrected chi connectivity index (χ4v) is 3.15. The number of aromatic nitrogens is 1. The zero-order chi connectivity index (χ0) is 11.5. The van der Waals surface area contributed by atoms with Crippen molar-refractivity contribution >= 4 is 22.4 Å². The molecule has 0 bridgehead atoms. The van der Waals surface area contributed by atoms with Gasteiger partial charge in [-0.3, -0.25) is 4.79 Å². The summed E-state index contributed by atoms with van der Waals surface area (Å²) in [5.74, 6) is 0.615. The molecule has 4 nitrogen and oxygen atoms in total. The molecule has 3 N–H and O–H groups in total. The van der Waals surface area contributed by atoms with Gasteiger partial charge in [-0.15, -0.1) is 11.3 Å². The van der Waals surface area contributed by atoms with E-state index in [4.69, 9.17) is 5.73 Å². The van der Waals surface area contributed by atoms with Gasteiger partial charge in [-0.1, -0.05) is 13.3 Å². The Morgan fingerprint density at radius 3 is 3.19 bits per heavy atom. The Bertz CT molecular complexity index is 389. The predicted octanol–water partition coefficient (Wildman–Crippen LogP) is 1.56. The Balaban J connectivity index is 2.09. The standard InChI is InChI=1S/C11H17N3OS/c1-2-7-3-4-8-9(5-7)16-11(13-8)14-10(15)6-12/h7H,2-6,12H2,1H3,(H,13,14,15). The number of hydrogen-bond donors (Lipinski definition) is 2. The molecular formula is C11H17N3OS. The first-order chi connectivity index (χ1) is 7.72. The van der Waals surface area contributed by atoms with Crippen molar-refractivity contribution in [1.82, 2.24) is 4.98 Å². The van der Waals surface area contributed by atoms with E-state index in [1.54, 1.807) is 11.3 Å². The Kier molecular flexibility index (Phi) is 3.56. The number of fused-ring (bicyclic) bond motifs is 1. The molecule has 0 radical (unpaired) electrons. The van der Waals surface area contributed by atoms with Gasteiger partial charge in [-0.2, -0.15) is 0 Å². The summed E-state index contributed by atoms with van der Waals surface area (Å²) in [5, 5.41) is 3.43. The van der Waals surface area contributed by atoms with Crippen LogP contribution in [0.2, 0.25) is 0 Å². The maximum absolute atomic E-state index is 11.1. The average molecular weight is 239 g/mol. The maximum Gasteiger partial charge on any atom is 0.239 e. The Hall–Kier alpha value is -0.940. The lowest BCUT2D eigenvalue weighted by Gasteiger charge is -2.18. The van der Waals surface area contributed by atoms with Crippen LogP contribution in [0.3, 0.4) is 0 Å². The second-order valence-corrected chi connectivity index (χ2v) is 5.24. The van der Waals surface area contributed by atoms with Gasteiger partial charge in [0.1, 0.15) is 0 Å². The van der Waals surface area contributed by atoms with Crippen LogP contribution in [-0.2, 0) is 17.6 Å². The normalized spacial score (nSPS) is 19.2. The van der Waals surface area contributed by atoms with Crippen LogP contribution in [0, 0.1) is 5.92 Å². The first-order valence-electron chi connectivity index (χ1n) is 5.71. The van der Waals surface area contributed by atoms with E-state index in [0.29, 0.717) is 5.13 Å². The predicted molar refractivity (Wildman–Crippen MR) is 65.6 cm³/mol. The van der Waals surface area contributed by atoms with Gasteiger partial charge in [0.05, 0.1) is 12.2 Å². The summed E-state index contributed by atoms with van der Waals surface area (Å²) in [6.45, 7) is 2.25. The zero-order valence-electron chi connectivity index (χ0n) is 9.45. The summed E-state index contributed by atoms with van der Waals surface area (Å²) in [6, 6.07) is 0. The number of carbonyl (C=O) groups is 1. The average Bonchev–Trinajstić information content (AvgIpc) is 2.69. The molecule has 0 fully saturated rings. The summed E-state index contributed by atoms with van der Waals surface area (Å²) < 4.78 is 0. The monoisotopic (exact) mass is 239 g/mol. The molecule has 1 aliphatic carbocycles. The molecule has 1 amide bonds. The van der Waals surface area contributed by atoms with Gasteiger partial charge < -0.3 is 11.1 Å². The molecule has 1 heterocycles. The van der Waals surface area contributed by atoms with Crippen molar-refractivity contribution in [2.45, 2.75) is 32.6 Å². The van der Waals surface area contributed by atoms with Crippen molar-refractivity contribution in [3.63, 3.8) is 0 Å². The minimum Gasteiger partial charge on any atom is -0.322 e. The molecule has 1 aromatic rings. The quantitative estimate of drug-likeness (QED) is 0.841. The number of nitrogens with one attached hydrogen (secondary N) is 1. The van der Waals surface area contributed by atoms with Gasteiger partial charge in [0, 0.05) is 4.88 Å². The molecule has 1 aromatic heterocycles. The van der Waals surface area contributed by atoms with E-state index in [0.717, 1.165) is 18.8 Å². The van der Waals surface area contributed by atoms with Crippen LogP contribution in [0.25, 0.3) is 0 Å². The molecule has 1 atom stereocenters. The zero-order valence-corrected chi connectivity index (χ0v) is 10.3. The lowest BCUT2D eigenvalue weighted by Crippen LogP contribution is -2.21. The largest absolute Gasteiger partial charge is 0.322 e. The van der Waals surface area contributed by atoms with Gasteiger partial charge in [-0.25, -0.2) is 4.98 Å². The lowest BCUT2D eigenvalue weighted by atomic mass is 9.89. The lowest BCUT2D eigenvalue weighted by molar-refractivity contribution is -0.114. The van der Waals surface area contributed by atoms with Gasteiger partial charge in [0.25, 0.3) is 0 Å². The van der Waals surface area contributed by atoms with Crippen LogP contribution in [0.1, 0.15) is 30.3 Å². The fourth-order valence-electron chi connectivity index (χ4n) is 2.02. The highest BCUT2D eigenvalue weighted by Crippen LogP contribution is 2.33. The van der Waals surface area contributed by atoms with Crippen LogP contribution in [0.5, 0.6) is 0 Å². The van der Waals surface area contributed by atoms with Gasteiger partial charge in [0.2, 0.25) is 5.91 Å². The minimum atomic E-state index is -0.168. The van der Waals surface area contributed by atoms with Crippen molar-refractivity contribution < 1.29 is 4.79 Å². The highest BCUT2D eigenvalue weighted by atomic mass is 32.1. The smallest absolute Gasteiger partial charge is 0.239 e. The molecule has 0 saturated heterocycles. The van der Waals surface area contributed by atoms with E-state index in [-0.39, 0.29) is 12.5 Å². The van der Waals surface area contributed by atoms with Gasteiger partial charge in [0.15, 0.2) is 5.13 Å². The highest BCUT2D eigenvalue weighted by molar-refractivity contribution is 7.15. The second-order valence-electron chi connectivity index (χ2n) is 4.16. The van der Waals surface area contributed by atoms with Crippen molar-refractivity contribution in [1.29, 1.82) is 0 Å². The van der Waals surface area contributed by atoms with E-state index in [9.17, 15) is 4.79 Å². The summed E-state index contributed by atoms with van der Waals surface area (Å²) in [6.07, 6.45) is 4.60. The van der Waals surface area contributed by atoms with Crippen LogP contribution >= 0.6 is 11.3 Å². The highest BCUT2D eigenvalue weighted by Gasteiger charge is 2.21. The van der Waals surface area contributed by atoms with Crippen molar-refractivity contribution in [2.75, 3.05) is 11.9 Å². The van der Waals surface area contributed by atoms with E-state index in [2.05, 4.69) is 17.2 Å². The van der Waals surface area contributed by atoms with Crippen molar-refractivity contribution in [3.05, 3.63) is 10.6 Å². The molecule has 2 rings (SSSR count). The molecule has 88 valence electrons. The summed E-state index contributed by atoms with van der Waals surface area (Å²) in [4.78, 5) is 16.9. The van der Waals surface area contributed by atoms with E-state index in [1.807, 2.05) is 0 Å². The van der Waals surface area contributed by atoms with Gasteiger partial charge >= 0.3 is 0 Å². The van der Waals surface area contributed by atoms with E-state index in [1.165, 1.54) is 23.4 Å². The number of nitrogens with zero attached hydrogens (tertiary/aromatic N) is 1. The molecule has 0 spiro atoms. The van der Waals surface area contributed by atoms with E-state index < -0.39 is 0 Å². The molecule has 1 unspecified atom stereocenters. The topological polar surface area (TPSA) is 68.0 Å². The number of carbonyl (C=O) groups excluding carboxylic acids is 1. The third kappa shape index (κ3) is 2.41. The summed E-state index contributed by atoms with van der Waals surface area (Å²) in [5.41, 5.74) is 6.42. The Morgan fingerprint density at radius 2 is 2.50 bits per heavy atom. The number of anilines is 1. The number of amides is 1. The Morgan fingerprint density at radius 1 is 1.69 bits per heavy atom. The van der Waals surface area contributed by atoms with Crippen LogP contribution < -0.4 is 11.1 Å². The molecule has 1 aliphatic rings. The summed E-state index contributed by atoms with van der Waals surface area (Å²) >= 11 is 1.60. The number of rotatable bonds is 3. The molecule has 5 heteroatoms. The van der Waals surface area contributed by atoms with Crippen LogP contribution in [0.4, 0.5) is 5.13 Å². The van der Waals surface area contributed by atoms with Gasteiger partial charge in [-0.05, 0) is 25.2 Å². The number of nitrogens with two attached hydrogens (primary N) is 1. The first kappa shape index (κ1) is 11.5. The number of thiazole rings is 1. The van der Waals surface area contributed by atoms with Crippen molar-refractivity contribution in [3.8, 4) is 0 Å². The molecule has 0 aromatic carbocycles. The molecule has 16 heavy (non-hydrogen) atoms. The third-order valence-corrected chi connectivity index (χ3v) is 4.09. The molecule has 0 aliphatic heterocycles. The third-order valence-electron chi connectivity index (χ3n) is 3.05. The van der Waals surface area contributed by atoms with Crippen LogP contribution in [0.15, 0.2) is 0 Å². The summed E-state index contributed by atoms with van der Waals surface area (Å²) in [7, 11) is 0. The fraction of sp³-hybridized carbons (Fsp3) is 0.636. The van der Waals surface area contributed by atoms with E-state index >= 15 is 0 Å². The van der Waals surface area contributed by atoms with Crippen LogP contribution in [-0.4, -0.2) is 17.4 Å². The minimum absolute atomic E-state index is 0.0157. The second kappa shape index (κ2) is 4.93. The number of hydrogen-bond acceptors (Lipinski definition) is 4. The first-order valence-corrected chi connectivity index (χ1v) is 6.53. The molecule has 0 saturated carbocycles. The Labute approximate surface area is 99.3 Å². The van der Waals surface area contributed by atoms with Crippen molar-refractivity contribution in [2.24, 2.45) is 11.7 Å². The maximum atomic E-state index is 11.1.